The molecule has 0 saturated carbocycles. The van der Waals surface area contributed by atoms with E-state index in [-0.39, 0.29) is 23.7 Å². The molecule has 2 aromatic rings. The molecule has 0 aliphatic heterocycles. The van der Waals surface area contributed by atoms with E-state index in [1.807, 2.05) is 18.2 Å². The Bertz CT molecular complexity index is 601. The summed E-state index contributed by atoms with van der Waals surface area (Å²) in [6.07, 6.45) is 1.08. The van der Waals surface area contributed by atoms with Crippen LogP contribution in [0.25, 0.3) is 0 Å². The van der Waals surface area contributed by atoms with Crippen LogP contribution in [0.1, 0.15) is 37.3 Å². The van der Waals surface area contributed by atoms with Crippen molar-refractivity contribution in [2.45, 2.75) is 32.1 Å². The fourth-order valence-corrected chi connectivity index (χ4v) is 2.83. The Balaban J connectivity index is 0.00000242. The van der Waals surface area contributed by atoms with Crippen LogP contribution in [-0.2, 0) is 10.2 Å². The number of halogens is 1. The van der Waals surface area contributed by atoms with Crippen molar-refractivity contribution >= 4 is 34.8 Å². The number of nitrogens with zero attached hydrogens (tertiary/aromatic N) is 2. The van der Waals surface area contributed by atoms with E-state index in [9.17, 15) is 4.79 Å². The third-order valence-electron chi connectivity index (χ3n) is 3.31. The zero-order chi connectivity index (χ0) is 15.3. The molecule has 0 spiro atoms. The Morgan fingerprint density at radius 2 is 1.95 bits per heavy atom. The van der Waals surface area contributed by atoms with Crippen molar-refractivity contribution in [1.82, 2.24) is 10.2 Å². The monoisotopic (exact) mass is 340 g/mol. The highest BCUT2D eigenvalue weighted by Gasteiger charge is 2.27. The fraction of sp³-hybridized carbons (Fsp3) is 0.400. The highest BCUT2D eigenvalue weighted by atomic mass is 35.5. The van der Waals surface area contributed by atoms with Gasteiger partial charge in [0, 0.05) is 11.8 Å². The minimum Gasteiger partial charge on any atom is -0.330 e. The number of carbonyl (C=O) groups excluding carboxylic acids is 1. The first kappa shape index (κ1) is 18.5. The lowest BCUT2D eigenvalue weighted by atomic mass is 9.85. The molecule has 22 heavy (non-hydrogen) atoms. The molecule has 2 rings (SSSR count). The SMILES string of the molecule is CC(C)(c1ccccc1)c1nnc(NC(=O)CCCN)s1.Cl. The van der Waals surface area contributed by atoms with Gasteiger partial charge >= 0.3 is 0 Å². The maximum atomic E-state index is 11.7. The predicted octanol–water partition coefficient (Wildman–Crippen LogP) is 2.96. The molecule has 5 nitrogen and oxygen atoms in total. The van der Waals surface area contributed by atoms with Gasteiger partial charge < -0.3 is 11.1 Å². The van der Waals surface area contributed by atoms with Crippen molar-refractivity contribution < 1.29 is 4.79 Å². The van der Waals surface area contributed by atoms with E-state index in [0.717, 1.165) is 5.01 Å². The van der Waals surface area contributed by atoms with Crippen LogP contribution in [0.15, 0.2) is 30.3 Å². The second-order valence-electron chi connectivity index (χ2n) is 5.34. The summed E-state index contributed by atoms with van der Waals surface area (Å²) in [5.41, 5.74) is 6.32. The molecule has 1 aromatic heterocycles. The van der Waals surface area contributed by atoms with E-state index < -0.39 is 0 Å². The van der Waals surface area contributed by atoms with Gasteiger partial charge in [0.2, 0.25) is 11.0 Å². The summed E-state index contributed by atoms with van der Waals surface area (Å²) < 4.78 is 0. The quantitative estimate of drug-likeness (QED) is 0.847. The van der Waals surface area contributed by atoms with Crippen molar-refractivity contribution in [2.24, 2.45) is 5.73 Å². The number of aromatic nitrogens is 2. The minimum absolute atomic E-state index is 0. The Morgan fingerprint density at radius 3 is 2.59 bits per heavy atom. The molecular formula is C15H21ClN4OS. The zero-order valence-corrected chi connectivity index (χ0v) is 14.3. The second-order valence-corrected chi connectivity index (χ2v) is 6.32. The summed E-state index contributed by atoms with van der Waals surface area (Å²) >= 11 is 1.41. The van der Waals surface area contributed by atoms with Crippen LogP contribution in [0.4, 0.5) is 5.13 Å². The van der Waals surface area contributed by atoms with Crippen molar-refractivity contribution in [1.29, 1.82) is 0 Å². The largest absolute Gasteiger partial charge is 0.330 e. The average molecular weight is 341 g/mol. The smallest absolute Gasteiger partial charge is 0.226 e. The molecule has 0 saturated heterocycles. The van der Waals surface area contributed by atoms with E-state index in [0.29, 0.717) is 24.5 Å². The molecule has 7 heteroatoms. The van der Waals surface area contributed by atoms with Gasteiger partial charge in [-0.05, 0) is 32.4 Å². The number of nitrogens with one attached hydrogen (secondary N) is 1. The number of rotatable bonds is 6. The molecule has 0 atom stereocenters. The predicted molar refractivity (Wildman–Crippen MR) is 92.6 cm³/mol. The third kappa shape index (κ3) is 4.50. The van der Waals surface area contributed by atoms with Crippen LogP contribution < -0.4 is 11.1 Å². The van der Waals surface area contributed by atoms with Crippen molar-refractivity contribution in [2.75, 3.05) is 11.9 Å². The second kappa shape index (κ2) is 8.22. The molecular weight excluding hydrogens is 320 g/mol. The Kier molecular flexibility index (Phi) is 6.93. The maximum absolute atomic E-state index is 11.7. The topological polar surface area (TPSA) is 80.9 Å². The fourth-order valence-electron chi connectivity index (χ4n) is 1.95. The van der Waals surface area contributed by atoms with Gasteiger partial charge in [0.05, 0.1) is 0 Å². The van der Waals surface area contributed by atoms with Crippen molar-refractivity contribution in [3.8, 4) is 0 Å². The van der Waals surface area contributed by atoms with Gasteiger partial charge in [-0.15, -0.1) is 22.6 Å². The molecule has 0 bridgehead atoms. The van der Waals surface area contributed by atoms with Gasteiger partial charge in [0.1, 0.15) is 5.01 Å². The number of amides is 1. The van der Waals surface area contributed by atoms with Gasteiger partial charge in [-0.25, -0.2) is 0 Å². The van der Waals surface area contributed by atoms with Gasteiger partial charge in [-0.1, -0.05) is 41.7 Å². The normalized spacial score (nSPS) is 10.9. The molecule has 120 valence electrons. The lowest BCUT2D eigenvalue weighted by Crippen LogP contribution is -2.18. The standard InChI is InChI=1S/C15H20N4OS.ClH/c1-15(2,11-7-4-3-5-8-11)13-18-19-14(21-13)17-12(20)9-6-10-16;/h3-5,7-8H,6,9-10,16H2,1-2H3,(H,17,19,20);1H. The van der Waals surface area contributed by atoms with Crippen molar-refractivity contribution in [3.05, 3.63) is 40.9 Å². The number of benzene rings is 1. The summed E-state index contributed by atoms with van der Waals surface area (Å²) in [5, 5.41) is 12.5. The van der Waals surface area contributed by atoms with E-state index in [4.69, 9.17) is 5.73 Å². The third-order valence-corrected chi connectivity index (χ3v) is 4.47. The molecule has 1 amide bonds. The summed E-state index contributed by atoms with van der Waals surface area (Å²) in [7, 11) is 0. The van der Waals surface area contributed by atoms with Gasteiger partial charge in [0.25, 0.3) is 0 Å². The highest BCUT2D eigenvalue weighted by Crippen LogP contribution is 2.34. The molecule has 1 heterocycles. The van der Waals surface area contributed by atoms with Gasteiger partial charge in [-0.2, -0.15) is 0 Å². The van der Waals surface area contributed by atoms with E-state index in [2.05, 4.69) is 41.5 Å². The first-order valence-electron chi connectivity index (χ1n) is 6.93. The summed E-state index contributed by atoms with van der Waals surface area (Å²) in [4.78, 5) is 11.7. The Hall–Kier alpha value is -1.50. The number of hydrogen-bond acceptors (Lipinski definition) is 5. The van der Waals surface area contributed by atoms with Gasteiger partial charge in [0.15, 0.2) is 0 Å². The molecule has 0 aliphatic rings. The molecule has 1 aromatic carbocycles. The van der Waals surface area contributed by atoms with Gasteiger partial charge in [-0.3, -0.25) is 4.79 Å². The van der Waals surface area contributed by atoms with Crippen LogP contribution in [0.3, 0.4) is 0 Å². The number of carbonyl (C=O) groups is 1. The van der Waals surface area contributed by atoms with Crippen LogP contribution >= 0.6 is 23.7 Å². The Labute approximate surface area is 140 Å². The van der Waals surface area contributed by atoms with Crippen LogP contribution in [-0.4, -0.2) is 22.6 Å². The summed E-state index contributed by atoms with van der Waals surface area (Å²) in [6, 6.07) is 10.1. The van der Waals surface area contributed by atoms with Crippen molar-refractivity contribution in [3.63, 3.8) is 0 Å². The average Bonchev–Trinajstić information content (AvgIpc) is 2.95. The van der Waals surface area contributed by atoms with E-state index in [1.165, 1.54) is 16.9 Å². The maximum Gasteiger partial charge on any atom is 0.226 e. The first-order valence-corrected chi connectivity index (χ1v) is 7.75. The van der Waals surface area contributed by atoms with Crippen LogP contribution in [0.5, 0.6) is 0 Å². The molecule has 0 aliphatic carbocycles. The minimum atomic E-state index is -0.237. The zero-order valence-electron chi connectivity index (χ0n) is 12.7. The highest BCUT2D eigenvalue weighted by molar-refractivity contribution is 7.15. The molecule has 0 fully saturated rings. The first-order chi connectivity index (χ1) is 10.0. The van der Waals surface area contributed by atoms with Crippen LogP contribution in [0.2, 0.25) is 0 Å². The molecule has 0 unspecified atom stereocenters. The molecule has 0 radical (unpaired) electrons. The number of hydrogen-bond donors (Lipinski definition) is 2. The van der Waals surface area contributed by atoms with Crippen LogP contribution in [0, 0.1) is 0 Å². The number of anilines is 1. The number of nitrogens with two attached hydrogens (primary N) is 1. The Morgan fingerprint density at radius 1 is 1.27 bits per heavy atom. The summed E-state index contributed by atoms with van der Waals surface area (Å²) in [5.74, 6) is -0.0688. The molecule has 3 N–H and O–H groups in total. The van der Waals surface area contributed by atoms with E-state index in [1.54, 1.807) is 0 Å². The van der Waals surface area contributed by atoms with E-state index >= 15 is 0 Å². The lowest BCUT2D eigenvalue weighted by molar-refractivity contribution is -0.116. The summed E-state index contributed by atoms with van der Waals surface area (Å²) in [6.45, 7) is 4.71. The lowest BCUT2D eigenvalue weighted by Gasteiger charge is -2.21.